The average Bonchev–Trinajstić information content (AvgIpc) is 2.64. The summed E-state index contributed by atoms with van der Waals surface area (Å²) in [6.45, 7) is 4.81. The first-order valence-electron chi connectivity index (χ1n) is 9.74. The second kappa shape index (κ2) is 8.17. The van der Waals surface area contributed by atoms with Gasteiger partial charge in [0.2, 0.25) is 0 Å². The van der Waals surface area contributed by atoms with Crippen LogP contribution in [0.15, 0.2) is 17.1 Å². The van der Waals surface area contributed by atoms with Gasteiger partial charge in [0.05, 0.1) is 0 Å². The molecule has 1 saturated heterocycles. The third kappa shape index (κ3) is 4.51. The largest absolute Gasteiger partial charge is 0.354 e. The molecule has 2 aliphatic rings. The van der Waals surface area contributed by atoms with Gasteiger partial charge in [0.1, 0.15) is 5.56 Å². The fourth-order valence-corrected chi connectivity index (χ4v) is 4.27. The SMILES string of the molecule is Cc1cc(=O)c(C(=O)NC[C@H]2CCCN(C3CCCCC3)C2)cn1C. The van der Waals surface area contributed by atoms with E-state index in [4.69, 9.17) is 0 Å². The second-order valence-electron chi connectivity index (χ2n) is 7.81. The molecule has 0 aromatic carbocycles. The Bertz CT molecular complexity index is 661. The van der Waals surface area contributed by atoms with Crippen LogP contribution in [0.25, 0.3) is 0 Å². The van der Waals surface area contributed by atoms with E-state index in [-0.39, 0.29) is 16.9 Å². The van der Waals surface area contributed by atoms with Crippen molar-refractivity contribution < 1.29 is 4.79 Å². The number of amides is 1. The van der Waals surface area contributed by atoms with Crippen LogP contribution in [-0.2, 0) is 7.05 Å². The third-order valence-electron chi connectivity index (χ3n) is 5.92. The monoisotopic (exact) mass is 345 g/mol. The van der Waals surface area contributed by atoms with Crippen LogP contribution in [0.4, 0.5) is 0 Å². The number of nitrogens with zero attached hydrogens (tertiary/aromatic N) is 2. The van der Waals surface area contributed by atoms with Gasteiger partial charge in [-0.25, -0.2) is 0 Å². The number of nitrogens with one attached hydrogen (secondary N) is 1. The molecule has 2 heterocycles. The zero-order valence-electron chi connectivity index (χ0n) is 15.6. The molecule has 1 aromatic heterocycles. The van der Waals surface area contributed by atoms with E-state index in [1.807, 2.05) is 18.5 Å². The summed E-state index contributed by atoms with van der Waals surface area (Å²) in [6, 6.07) is 2.28. The van der Waals surface area contributed by atoms with Gasteiger partial charge in [0.25, 0.3) is 5.91 Å². The quantitative estimate of drug-likeness (QED) is 0.912. The number of pyridine rings is 1. The van der Waals surface area contributed by atoms with E-state index in [0.29, 0.717) is 12.5 Å². The van der Waals surface area contributed by atoms with E-state index in [1.165, 1.54) is 51.1 Å². The van der Waals surface area contributed by atoms with Gasteiger partial charge in [0, 0.05) is 44.1 Å². The van der Waals surface area contributed by atoms with Crippen LogP contribution < -0.4 is 10.7 Å². The summed E-state index contributed by atoms with van der Waals surface area (Å²) >= 11 is 0. The molecule has 2 fully saturated rings. The van der Waals surface area contributed by atoms with Crippen LogP contribution in [0.5, 0.6) is 0 Å². The first kappa shape index (κ1) is 18.2. The van der Waals surface area contributed by atoms with Crippen molar-refractivity contribution in [1.82, 2.24) is 14.8 Å². The number of hydrogen-bond donors (Lipinski definition) is 1. The smallest absolute Gasteiger partial charge is 0.256 e. The number of rotatable bonds is 4. The van der Waals surface area contributed by atoms with Crippen LogP contribution in [-0.4, -0.2) is 41.1 Å². The van der Waals surface area contributed by atoms with Gasteiger partial charge in [-0.1, -0.05) is 19.3 Å². The van der Waals surface area contributed by atoms with E-state index < -0.39 is 0 Å². The molecule has 0 bridgehead atoms. The van der Waals surface area contributed by atoms with E-state index >= 15 is 0 Å². The first-order chi connectivity index (χ1) is 12.0. The predicted octanol–water partition coefficient (Wildman–Crippen LogP) is 2.47. The Morgan fingerprint density at radius 1 is 1.20 bits per heavy atom. The molecule has 0 unspecified atom stereocenters. The maximum absolute atomic E-state index is 12.4. The summed E-state index contributed by atoms with van der Waals surface area (Å²) in [5.41, 5.74) is 0.908. The van der Waals surface area contributed by atoms with Crippen molar-refractivity contribution in [1.29, 1.82) is 0 Å². The highest BCUT2D eigenvalue weighted by Gasteiger charge is 2.27. The van der Waals surface area contributed by atoms with Gasteiger partial charge < -0.3 is 14.8 Å². The van der Waals surface area contributed by atoms with E-state index in [2.05, 4.69) is 10.2 Å². The highest BCUT2D eigenvalue weighted by Crippen LogP contribution is 2.26. The molecule has 1 aromatic rings. The number of carbonyl (C=O) groups is 1. The second-order valence-corrected chi connectivity index (χ2v) is 7.81. The Hall–Kier alpha value is -1.62. The maximum Gasteiger partial charge on any atom is 0.256 e. The van der Waals surface area contributed by atoms with Gasteiger partial charge in [-0.15, -0.1) is 0 Å². The van der Waals surface area contributed by atoms with Gasteiger partial charge in [-0.05, 0) is 45.1 Å². The molecule has 1 aliphatic heterocycles. The van der Waals surface area contributed by atoms with Crippen molar-refractivity contribution in [3.05, 3.63) is 33.7 Å². The third-order valence-corrected chi connectivity index (χ3v) is 5.92. The van der Waals surface area contributed by atoms with Crippen molar-refractivity contribution in [3.8, 4) is 0 Å². The molecule has 1 atom stereocenters. The van der Waals surface area contributed by atoms with E-state index in [1.54, 1.807) is 6.20 Å². The zero-order valence-corrected chi connectivity index (χ0v) is 15.6. The lowest BCUT2D eigenvalue weighted by molar-refractivity contribution is 0.0865. The molecule has 1 amide bonds. The summed E-state index contributed by atoms with van der Waals surface area (Å²) in [4.78, 5) is 27.1. The molecule has 138 valence electrons. The molecular formula is C20H31N3O2. The number of piperidine rings is 1. The predicted molar refractivity (Wildman–Crippen MR) is 99.9 cm³/mol. The molecule has 0 spiro atoms. The van der Waals surface area contributed by atoms with Crippen LogP contribution >= 0.6 is 0 Å². The summed E-state index contributed by atoms with van der Waals surface area (Å²) in [6.07, 6.45) is 10.8. The number of aromatic nitrogens is 1. The van der Waals surface area contributed by atoms with Gasteiger partial charge in [0.15, 0.2) is 5.43 Å². The zero-order chi connectivity index (χ0) is 17.8. The summed E-state index contributed by atoms with van der Waals surface area (Å²) in [5.74, 6) is 0.254. The molecule has 1 aliphatic carbocycles. The van der Waals surface area contributed by atoms with Gasteiger partial charge in [-0.2, -0.15) is 0 Å². The van der Waals surface area contributed by atoms with Crippen molar-refractivity contribution in [2.75, 3.05) is 19.6 Å². The minimum absolute atomic E-state index is 0.194. The Morgan fingerprint density at radius 2 is 1.96 bits per heavy atom. The molecular weight excluding hydrogens is 314 g/mol. The summed E-state index contributed by atoms with van der Waals surface area (Å²) in [7, 11) is 1.86. The van der Waals surface area contributed by atoms with Crippen LogP contribution in [0.1, 0.15) is 61.0 Å². The highest BCUT2D eigenvalue weighted by molar-refractivity contribution is 5.93. The fraction of sp³-hybridized carbons (Fsp3) is 0.700. The van der Waals surface area contributed by atoms with Crippen molar-refractivity contribution >= 4 is 5.91 Å². The number of carbonyl (C=O) groups excluding carboxylic acids is 1. The number of likely N-dealkylation sites (tertiary alicyclic amines) is 1. The van der Waals surface area contributed by atoms with E-state index in [0.717, 1.165) is 24.7 Å². The van der Waals surface area contributed by atoms with E-state index in [9.17, 15) is 9.59 Å². The highest BCUT2D eigenvalue weighted by atomic mass is 16.2. The van der Waals surface area contributed by atoms with Crippen molar-refractivity contribution in [2.24, 2.45) is 13.0 Å². The minimum atomic E-state index is -0.240. The maximum atomic E-state index is 12.4. The normalized spacial score (nSPS) is 22.7. The lowest BCUT2D eigenvalue weighted by atomic mass is 9.90. The Kier molecular flexibility index (Phi) is 5.94. The molecule has 1 saturated carbocycles. The standard InChI is InChI=1S/C20H31N3O2/c1-15-11-19(24)18(14-22(15)2)20(25)21-12-16-7-6-10-23(13-16)17-8-4-3-5-9-17/h11,14,16-17H,3-10,12-13H2,1-2H3,(H,21,25)/t16-/m1/s1. The molecule has 25 heavy (non-hydrogen) atoms. The van der Waals surface area contributed by atoms with Crippen LogP contribution in [0.3, 0.4) is 0 Å². The fourth-order valence-electron chi connectivity index (χ4n) is 4.27. The number of hydrogen-bond acceptors (Lipinski definition) is 3. The molecule has 5 nitrogen and oxygen atoms in total. The Balaban J connectivity index is 1.55. The lowest BCUT2D eigenvalue weighted by Gasteiger charge is -2.40. The molecule has 5 heteroatoms. The molecule has 1 N–H and O–H groups in total. The molecule has 3 rings (SSSR count). The lowest BCUT2D eigenvalue weighted by Crippen LogP contribution is -2.46. The Morgan fingerprint density at radius 3 is 2.72 bits per heavy atom. The van der Waals surface area contributed by atoms with Gasteiger partial charge >= 0.3 is 0 Å². The number of aryl methyl sites for hydroxylation is 2. The summed E-state index contributed by atoms with van der Waals surface area (Å²) in [5, 5.41) is 3.00. The topological polar surface area (TPSA) is 54.3 Å². The van der Waals surface area contributed by atoms with Crippen LogP contribution in [0.2, 0.25) is 0 Å². The Labute approximate surface area is 150 Å². The first-order valence-corrected chi connectivity index (χ1v) is 9.74. The van der Waals surface area contributed by atoms with Crippen molar-refractivity contribution in [3.63, 3.8) is 0 Å². The minimum Gasteiger partial charge on any atom is -0.354 e. The average molecular weight is 345 g/mol. The summed E-state index contributed by atoms with van der Waals surface area (Å²) < 4.78 is 1.82. The molecule has 0 radical (unpaired) electrons. The van der Waals surface area contributed by atoms with Gasteiger partial charge in [-0.3, -0.25) is 9.59 Å². The van der Waals surface area contributed by atoms with Crippen LogP contribution in [0, 0.1) is 12.8 Å². The van der Waals surface area contributed by atoms with Crippen molar-refractivity contribution in [2.45, 2.75) is 57.9 Å².